The number of carbonyl (C=O) groups is 1. The Bertz CT molecular complexity index is 671. The molecule has 2 aromatic rings. The van der Waals surface area contributed by atoms with Gasteiger partial charge in [0.1, 0.15) is 5.82 Å². The van der Waals surface area contributed by atoms with Crippen molar-refractivity contribution in [3.8, 4) is 0 Å². The third-order valence-electron chi connectivity index (χ3n) is 4.94. The van der Waals surface area contributed by atoms with Gasteiger partial charge in [0.25, 0.3) is 0 Å². The normalized spacial score (nSPS) is 19.8. The van der Waals surface area contributed by atoms with E-state index in [0.29, 0.717) is 6.54 Å². The van der Waals surface area contributed by atoms with Gasteiger partial charge < -0.3 is 14.8 Å². The molecular formula is C19H25FN4O. The van der Waals surface area contributed by atoms with Crippen LogP contribution in [-0.4, -0.2) is 40.1 Å². The van der Waals surface area contributed by atoms with Gasteiger partial charge in [0, 0.05) is 44.5 Å². The SMILES string of the molecule is CN(CCCn1ccnc1)C(=O)N[C@@H]1CCC[C@@H]1c1ccc(F)cc1. The Morgan fingerprint density at radius 3 is 2.88 bits per heavy atom. The van der Waals surface area contributed by atoms with E-state index in [0.717, 1.165) is 37.8 Å². The van der Waals surface area contributed by atoms with Gasteiger partial charge in [-0.15, -0.1) is 0 Å². The number of hydrogen-bond donors (Lipinski definition) is 1. The molecule has 0 bridgehead atoms. The monoisotopic (exact) mass is 344 g/mol. The third kappa shape index (κ3) is 4.59. The second kappa shape index (κ2) is 8.14. The Balaban J connectivity index is 1.49. The Morgan fingerprint density at radius 1 is 1.36 bits per heavy atom. The molecule has 0 saturated heterocycles. The first-order valence-corrected chi connectivity index (χ1v) is 8.86. The van der Waals surface area contributed by atoms with Gasteiger partial charge in [0.05, 0.1) is 6.33 Å². The van der Waals surface area contributed by atoms with Crippen LogP contribution in [0.25, 0.3) is 0 Å². The summed E-state index contributed by atoms with van der Waals surface area (Å²) in [7, 11) is 1.82. The molecule has 2 atom stereocenters. The van der Waals surface area contributed by atoms with E-state index in [-0.39, 0.29) is 23.8 Å². The zero-order valence-electron chi connectivity index (χ0n) is 14.6. The molecule has 0 spiro atoms. The lowest BCUT2D eigenvalue weighted by Gasteiger charge is -2.25. The first kappa shape index (κ1) is 17.5. The maximum Gasteiger partial charge on any atom is 0.317 e. The summed E-state index contributed by atoms with van der Waals surface area (Å²) in [5, 5.41) is 3.16. The molecule has 2 amide bonds. The Kier molecular flexibility index (Phi) is 5.68. The number of imidazole rings is 1. The zero-order chi connectivity index (χ0) is 17.6. The lowest BCUT2D eigenvalue weighted by Crippen LogP contribution is -2.44. The van der Waals surface area contributed by atoms with Crippen LogP contribution in [0.1, 0.15) is 37.2 Å². The van der Waals surface area contributed by atoms with Crippen LogP contribution in [0.15, 0.2) is 43.0 Å². The van der Waals surface area contributed by atoms with E-state index in [9.17, 15) is 9.18 Å². The first-order valence-electron chi connectivity index (χ1n) is 8.86. The molecule has 25 heavy (non-hydrogen) atoms. The van der Waals surface area contributed by atoms with Crippen molar-refractivity contribution >= 4 is 6.03 Å². The number of hydrogen-bond acceptors (Lipinski definition) is 2. The molecule has 0 aliphatic heterocycles. The van der Waals surface area contributed by atoms with Crippen LogP contribution >= 0.6 is 0 Å². The van der Waals surface area contributed by atoms with Crippen LogP contribution in [0.3, 0.4) is 0 Å². The van der Waals surface area contributed by atoms with Gasteiger partial charge in [-0.1, -0.05) is 18.6 Å². The second-order valence-electron chi connectivity index (χ2n) is 6.72. The molecule has 3 rings (SSSR count). The fourth-order valence-electron chi connectivity index (χ4n) is 3.52. The van der Waals surface area contributed by atoms with Crippen molar-refractivity contribution in [2.45, 2.75) is 44.2 Å². The van der Waals surface area contributed by atoms with Gasteiger partial charge in [-0.25, -0.2) is 14.2 Å². The predicted molar refractivity (Wildman–Crippen MR) is 94.8 cm³/mol. The van der Waals surface area contributed by atoms with Crippen LogP contribution in [0, 0.1) is 5.82 Å². The molecule has 1 saturated carbocycles. The number of benzene rings is 1. The molecule has 1 aliphatic rings. The molecule has 1 heterocycles. The van der Waals surface area contributed by atoms with Crippen molar-refractivity contribution in [2.24, 2.45) is 0 Å². The number of amides is 2. The molecular weight excluding hydrogens is 319 g/mol. The topological polar surface area (TPSA) is 50.2 Å². The summed E-state index contributed by atoms with van der Waals surface area (Å²) in [6, 6.07) is 6.74. The van der Waals surface area contributed by atoms with Gasteiger partial charge in [0.2, 0.25) is 0 Å². The van der Waals surface area contributed by atoms with Crippen molar-refractivity contribution in [1.82, 2.24) is 19.8 Å². The fourth-order valence-corrected chi connectivity index (χ4v) is 3.52. The number of aryl methyl sites for hydroxylation is 1. The standard InChI is InChI=1S/C19H25FN4O/c1-23(11-3-12-24-13-10-21-14-24)19(25)22-18-5-2-4-17(18)15-6-8-16(20)9-7-15/h6-10,13-14,17-18H,2-5,11-12H2,1H3,(H,22,25)/t17-,18-/m1/s1. The van der Waals surface area contributed by atoms with Crippen molar-refractivity contribution in [3.05, 3.63) is 54.4 Å². The van der Waals surface area contributed by atoms with Gasteiger partial charge in [-0.3, -0.25) is 0 Å². The van der Waals surface area contributed by atoms with Crippen LogP contribution in [0.2, 0.25) is 0 Å². The van der Waals surface area contributed by atoms with Gasteiger partial charge in [-0.05, 0) is 37.0 Å². The highest BCUT2D eigenvalue weighted by atomic mass is 19.1. The molecule has 0 radical (unpaired) electrons. The third-order valence-corrected chi connectivity index (χ3v) is 4.94. The summed E-state index contributed by atoms with van der Waals surface area (Å²) >= 11 is 0. The van der Waals surface area contributed by atoms with Gasteiger partial charge in [-0.2, -0.15) is 0 Å². The average Bonchev–Trinajstić information content (AvgIpc) is 3.27. The summed E-state index contributed by atoms with van der Waals surface area (Å²) in [6.07, 6.45) is 9.42. The Labute approximate surface area is 147 Å². The van der Waals surface area contributed by atoms with Crippen LogP contribution in [0.5, 0.6) is 0 Å². The van der Waals surface area contributed by atoms with E-state index >= 15 is 0 Å². The summed E-state index contributed by atoms with van der Waals surface area (Å²) in [4.78, 5) is 18.2. The van der Waals surface area contributed by atoms with Crippen molar-refractivity contribution in [3.63, 3.8) is 0 Å². The maximum atomic E-state index is 13.1. The van der Waals surface area contributed by atoms with E-state index in [1.54, 1.807) is 17.4 Å². The Hall–Kier alpha value is -2.37. The molecule has 1 aromatic carbocycles. The second-order valence-corrected chi connectivity index (χ2v) is 6.72. The highest BCUT2D eigenvalue weighted by Crippen LogP contribution is 2.34. The smallest absolute Gasteiger partial charge is 0.317 e. The molecule has 6 heteroatoms. The van der Waals surface area contributed by atoms with E-state index in [2.05, 4.69) is 10.3 Å². The number of urea groups is 1. The van der Waals surface area contributed by atoms with E-state index < -0.39 is 0 Å². The molecule has 1 fully saturated rings. The Morgan fingerprint density at radius 2 is 2.16 bits per heavy atom. The van der Waals surface area contributed by atoms with Crippen LogP contribution in [-0.2, 0) is 6.54 Å². The van der Waals surface area contributed by atoms with Gasteiger partial charge >= 0.3 is 6.03 Å². The molecule has 0 unspecified atom stereocenters. The zero-order valence-corrected chi connectivity index (χ0v) is 14.6. The van der Waals surface area contributed by atoms with E-state index in [1.165, 1.54) is 12.1 Å². The summed E-state index contributed by atoms with van der Waals surface area (Å²) in [5.41, 5.74) is 1.10. The minimum Gasteiger partial charge on any atom is -0.337 e. The number of nitrogens with zero attached hydrogens (tertiary/aromatic N) is 3. The van der Waals surface area contributed by atoms with Crippen molar-refractivity contribution in [2.75, 3.05) is 13.6 Å². The molecule has 1 aliphatic carbocycles. The average molecular weight is 344 g/mol. The van der Waals surface area contributed by atoms with E-state index in [4.69, 9.17) is 0 Å². The highest BCUT2D eigenvalue weighted by Gasteiger charge is 2.30. The van der Waals surface area contributed by atoms with Crippen molar-refractivity contribution < 1.29 is 9.18 Å². The van der Waals surface area contributed by atoms with Gasteiger partial charge in [0.15, 0.2) is 0 Å². The molecule has 1 aromatic heterocycles. The van der Waals surface area contributed by atoms with Crippen LogP contribution in [0.4, 0.5) is 9.18 Å². The lowest BCUT2D eigenvalue weighted by atomic mass is 9.94. The molecule has 1 N–H and O–H groups in total. The minimum atomic E-state index is -0.222. The first-order chi connectivity index (χ1) is 12.1. The predicted octanol–water partition coefficient (Wildman–Crippen LogP) is 3.39. The fraction of sp³-hybridized carbons (Fsp3) is 0.474. The van der Waals surface area contributed by atoms with Crippen molar-refractivity contribution in [1.29, 1.82) is 0 Å². The number of aromatic nitrogens is 2. The molecule has 134 valence electrons. The number of carbonyl (C=O) groups excluding carboxylic acids is 1. The largest absolute Gasteiger partial charge is 0.337 e. The number of nitrogens with one attached hydrogen (secondary N) is 1. The minimum absolute atomic E-state index is 0.0374. The van der Waals surface area contributed by atoms with Crippen LogP contribution < -0.4 is 5.32 Å². The number of halogens is 1. The lowest BCUT2D eigenvalue weighted by molar-refractivity contribution is 0.202. The maximum absolute atomic E-state index is 13.1. The summed E-state index contributed by atoms with van der Waals surface area (Å²) in [5.74, 6) is 0.0452. The number of rotatable bonds is 6. The highest BCUT2D eigenvalue weighted by molar-refractivity contribution is 5.74. The summed E-state index contributed by atoms with van der Waals surface area (Å²) < 4.78 is 15.1. The summed E-state index contributed by atoms with van der Waals surface area (Å²) in [6.45, 7) is 1.54. The quantitative estimate of drug-likeness (QED) is 0.873. The van der Waals surface area contributed by atoms with E-state index in [1.807, 2.05) is 29.9 Å². The molecule has 5 nitrogen and oxygen atoms in total.